The smallest absolute Gasteiger partial charge is 0.368 e. The average molecular weight is 489 g/mol. The first-order valence-electron chi connectivity index (χ1n) is 8.74. The molecule has 170 valence electrons. The van der Waals surface area contributed by atoms with Crippen molar-refractivity contribution in [3.05, 3.63) is 63.6 Å². The summed E-state index contributed by atoms with van der Waals surface area (Å²) in [5.41, 5.74) is 13.1. The molecule has 0 saturated heterocycles. The Bertz CT molecular complexity index is 1010. The van der Waals surface area contributed by atoms with Gasteiger partial charge in [-0.15, -0.1) is 0 Å². The van der Waals surface area contributed by atoms with E-state index in [-0.39, 0.29) is 24.0 Å². The van der Waals surface area contributed by atoms with Gasteiger partial charge in [-0.1, -0.05) is 40.4 Å². The Labute approximate surface area is 190 Å². The Morgan fingerprint density at radius 3 is 2.28 bits per heavy atom. The van der Waals surface area contributed by atoms with Crippen molar-refractivity contribution in [2.75, 3.05) is 11.9 Å². The van der Waals surface area contributed by atoms with Gasteiger partial charge >= 0.3 is 6.18 Å². The van der Waals surface area contributed by atoms with Crippen LogP contribution in [0.25, 0.3) is 0 Å². The fourth-order valence-corrected chi connectivity index (χ4v) is 2.81. The molecule has 14 heteroatoms. The molecule has 2 aromatic rings. The summed E-state index contributed by atoms with van der Waals surface area (Å²) < 4.78 is 37.9. The van der Waals surface area contributed by atoms with Gasteiger partial charge in [-0.2, -0.15) is 18.7 Å². The average Bonchev–Trinajstić information content (AvgIpc) is 2.69. The molecule has 0 aromatic heterocycles. The Hall–Kier alpha value is -3.38. The van der Waals surface area contributed by atoms with Gasteiger partial charge in [0.1, 0.15) is 6.54 Å². The summed E-state index contributed by atoms with van der Waals surface area (Å²) >= 11 is 11.8. The molecule has 0 aliphatic rings. The van der Waals surface area contributed by atoms with Crippen LogP contribution in [0.4, 0.5) is 18.9 Å². The molecule has 9 nitrogen and oxygen atoms in total. The highest BCUT2D eigenvalue weighted by Gasteiger charge is 2.27. The summed E-state index contributed by atoms with van der Waals surface area (Å²) in [5, 5.41) is 13.6. The SMILES string of the molecule is N=NN=C(N)NC(=O)c1ccc(CN=C(NCC(F)(F)F)Nc2cc(Cl)cc(Cl)c2)cc1. The van der Waals surface area contributed by atoms with Gasteiger partial charge in [0.05, 0.1) is 6.54 Å². The number of benzene rings is 2. The molecule has 2 rings (SSSR count). The van der Waals surface area contributed by atoms with Crippen molar-refractivity contribution >= 4 is 46.7 Å². The van der Waals surface area contributed by atoms with Gasteiger partial charge in [0.25, 0.3) is 5.91 Å². The number of carbonyl (C=O) groups is 1. The molecule has 0 spiro atoms. The zero-order valence-electron chi connectivity index (χ0n) is 16.2. The first-order valence-corrected chi connectivity index (χ1v) is 9.49. The molecular weight excluding hydrogens is 472 g/mol. The zero-order chi connectivity index (χ0) is 23.7. The van der Waals surface area contributed by atoms with Crippen molar-refractivity contribution in [3.63, 3.8) is 0 Å². The second-order valence-corrected chi connectivity index (χ2v) is 7.03. The Balaban J connectivity index is 2.13. The van der Waals surface area contributed by atoms with Crippen LogP contribution in [0.5, 0.6) is 0 Å². The van der Waals surface area contributed by atoms with Crippen LogP contribution in [-0.2, 0) is 6.54 Å². The van der Waals surface area contributed by atoms with Crippen LogP contribution in [0.3, 0.4) is 0 Å². The predicted octanol–water partition coefficient (Wildman–Crippen LogP) is 4.10. The zero-order valence-corrected chi connectivity index (χ0v) is 17.7. The number of hydrogen-bond acceptors (Lipinski definition) is 4. The molecule has 0 aliphatic carbocycles. The Morgan fingerprint density at radius 1 is 1.09 bits per heavy atom. The van der Waals surface area contributed by atoms with E-state index >= 15 is 0 Å². The lowest BCUT2D eigenvalue weighted by Crippen LogP contribution is -2.38. The van der Waals surface area contributed by atoms with E-state index in [9.17, 15) is 18.0 Å². The van der Waals surface area contributed by atoms with Crippen molar-refractivity contribution in [1.82, 2.24) is 10.6 Å². The molecule has 0 bridgehead atoms. The van der Waals surface area contributed by atoms with E-state index in [1.54, 1.807) is 12.1 Å². The van der Waals surface area contributed by atoms with Gasteiger partial charge in [0.15, 0.2) is 5.96 Å². The number of anilines is 1. The van der Waals surface area contributed by atoms with Crippen molar-refractivity contribution in [3.8, 4) is 0 Å². The van der Waals surface area contributed by atoms with Crippen LogP contribution in [0, 0.1) is 5.53 Å². The molecule has 0 unspecified atom stereocenters. The molecule has 0 aliphatic heterocycles. The largest absolute Gasteiger partial charge is 0.405 e. The second kappa shape index (κ2) is 11.3. The highest BCUT2D eigenvalue weighted by molar-refractivity contribution is 6.35. The summed E-state index contributed by atoms with van der Waals surface area (Å²) in [6.45, 7) is -1.30. The number of nitrogens with two attached hydrogens (primary N) is 1. The molecule has 1 amide bonds. The summed E-state index contributed by atoms with van der Waals surface area (Å²) in [5.74, 6) is -1.06. The molecular formula is C18H17Cl2F3N8O. The lowest BCUT2D eigenvalue weighted by atomic mass is 10.1. The molecule has 0 radical (unpaired) electrons. The van der Waals surface area contributed by atoms with Gasteiger partial charge in [0.2, 0.25) is 5.96 Å². The quantitative estimate of drug-likeness (QED) is 0.180. The molecule has 0 atom stereocenters. The summed E-state index contributed by atoms with van der Waals surface area (Å²) in [6.07, 6.45) is -4.46. The lowest BCUT2D eigenvalue weighted by molar-refractivity contribution is -0.122. The van der Waals surface area contributed by atoms with Gasteiger partial charge in [-0.05, 0) is 41.1 Å². The van der Waals surface area contributed by atoms with Gasteiger partial charge in [0, 0.05) is 21.3 Å². The molecule has 2 aromatic carbocycles. The summed E-state index contributed by atoms with van der Waals surface area (Å²) in [7, 11) is 0. The van der Waals surface area contributed by atoms with Crippen LogP contribution in [0.2, 0.25) is 10.0 Å². The Morgan fingerprint density at radius 2 is 1.72 bits per heavy atom. The molecule has 32 heavy (non-hydrogen) atoms. The number of hydrogen-bond donors (Lipinski definition) is 5. The van der Waals surface area contributed by atoms with E-state index in [1.165, 1.54) is 30.3 Å². The number of alkyl halides is 3. The number of guanidine groups is 2. The van der Waals surface area contributed by atoms with E-state index in [4.69, 9.17) is 34.5 Å². The van der Waals surface area contributed by atoms with Crippen molar-refractivity contribution in [1.29, 1.82) is 5.53 Å². The summed E-state index contributed by atoms with van der Waals surface area (Å²) in [4.78, 5) is 16.1. The third-order valence-electron chi connectivity index (χ3n) is 3.62. The summed E-state index contributed by atoms with van der Waals surface area (Å²) in [6, 6.07) is 10.5. The maximum atomic E-state index is 12.6. The number of aliphatic imine (C=N–C) groups is 1. The van der Waals surface area contributed by atoms with Crippen molar-refractivity contribution in [2.24, 2.45) is 21.1 Å². The predicted molar refractivity (Wildman–Crippen MR) is 116 cm³/mol. The normalized spacial score (nSPS) is 12.3. The number of nitrogens with zero attached hydrogens (tertiary/aromatic N) is 3. The van der Waals surface area contributed by atoms with Crippen molar-refractivity contribution in [2.45, 2.75) is 12.7 Å². The third-order valence-corrected chi connectivity index (χ3v) is 4.05. The highest BCUT2D eigenvalue weighted by Crippen LogP contribution is 2.22. The van der Waals surface area contributed by atoms with E-state index in [0.29, 0.717) is 21.3 Å². The van der Waals surface area contributed by atoms with E-state index in [1.807, 2.05) is 0 Å². The standard InChI is InChI=1S/C18H17Cl2F3N8O/c19-12-5-13(20)7-14(6-12)28-17(27-9-18(21,22)23)26-8-10-1-3-11(4-2-10)15(32)29-16(24)30-31-25/h1-7H,8-9H2,(H2,26,27,28)(H4,24,25,29,30,32). The van der Waals surface area contributed by atoms with Crippen LogP contribution >= 0.6 is 23.2 Å². The number of rotatable bonds is 6. The molecule has 0 heterocycles. The third kappa shape index (κ3) is 8.78. The topological polar surface area (TPSA) is 140 Å². The molecule has 0 saturated carbocycles. The number of carbonyl (C=O) groups excluding carboxylic acids is 1. The van der Waals surface area contributed by atoms with Crippen LogP contribution < -0.4 is 21.7 Å². The van der Waals surface area contributed by atoms with Crippen LogP contribution in [0.15, 0.2) is 57.8 Å². The van der Waals surface area contributed by atoms with E-state index in [0.717, 1.165) is 0 Å². The van der Waals surface area contributed by atoms with Crippen LogP contribution in [-0.4, -0.2) is 30.5 Å². The number of nitrogens with one attached hydrogen (secondary N) is 4. The molecule has 6 N–H and O–H groups in total. The lowest BCUT2D eigenvalue weighted by Gasteiger charge is -2.15. The van der Waals surface area contributed by atoms with Gasteiger partial charge in [-0.25, -0.2) is 4.99 Å². The maximum Gasteiger partial charge on any atom is 0.405 e. The van der Waals surface area contributed by atoms with E-state index in [2.05, 4.69) is 31.3 Å². The fraction of sp³-hybridized carbons (Fsp3) is 0.167. The number of halogens is 5. The van der Waals surface area contributed by atoms with Crippen molar-refractivity contribution < 1.29 is 18.0 Å². The monoisotopic (exact) mass is 488 g/mol. The number of amides is 1. The minimum atomic E-state index is -4.46. The fourth-order valence-electron chi connectivity index (χ4n) is 2.29. The van der Waals surface area contributed by atoms with E-state index < -0.39 is 18.6 Å². The molecule has 0 fully saturated rings. The first kappa shape index (κ1) is 24.9. The maximum absolute atomic E-state index is 12.6. The van der Waals surface area contributed by atoms with Crippen LogP contribution in [0.1, 0.15) is 15.9 Å². The van der Waals surface area contributed by atoms with Gasteiger partial charge < -0.3 is 16.4 Å². The minimum absolute atomic E-state index is 0.00467. The highest BCUT2D eigenvalue weighted by atomic mass is 35.5. The second-order valence-electron chi connectivity index (χ2n) is 6.15. The minimum Gasteiger partial charge on any atom is -0.368 e. The van der Waals surface area contributed by atoms with Gasteiger partial charge in [-0.3, -0.25) is 10.1 Å². The first-order chi connectivity index (χ1) is 15.1. The Kier molecular flexibility index (Phi) is 8.79.